The van der Waals surface area contributed by atoms with Crippen LogP contribution >= 0.6 is 0 Å². The van der Waals surface area contributed by atoms with Gasteiger partial charge in [-0.1, -0.05) is 19.9 Å². The molecule has 7 nitrogen and oxygen atoms in total. The maximum atomic E-state index is 12.8. The standard InChI is InChI=1S/C22H31N3O4S/c1-14(2)21(26)25-11-9-17(10-12-25)30(28,29)24-22(27)23-20-18-7-3-5-15(18)13-16-6-4-8-19(16)20/h13-14,17H,3-12H2,1-2H3,(H2,23,24,27). The second-order valence-electron chi connectivity index (χ2n) is 9.01. The molecule has 3 amide bonds. The van der Waals surface area contributed by atoms with Crippen LogP contribution in [0, 0.1) is 5.92 Å². The van der Waals surface area contributed by atoms with E-state index in [4.69, 9.17) is 0 Å². The zero-order chi connectivity index (χ0) is 21.5. The summed E-state index contributed by atoms with van der Waals surface area (Å²) in [7, 11) is -3.80. The van der Waals surface area contributed by atoms with Gasteiger partial charge in [0.15, 0.2) is 0 Å². The molecule has 4 rings (SSSR count). The second kappa shape index (κ2) is 8.21. The van der Waals surface area contributed by atoms with Gasteiger partial charge in [-0.05, 0) is 73.6 Å². The first-order valence-corrected chi connectivity index (χ1v) is 12.6. The zero-order valence-corrected chi connectivity index (χ0v) is 18.6. The van der Waals surface area contributed by atoms with Crippen molar-refractivity contribution in [3.05, 3.63) is 28.3 Å². The number of likely N-dealkylation sites (tertiary alicyclic amines) is 1. The topological polar surface area (TPSA) is 95.6 Å². The highest BCUT2D eigenvalue weighted by molar-refractivity contribution is 7.90. The maximum Gasteiger partial charge on any atom is 0.332 e. The van der Waals surface area contributed by atoms with E-state index >= 15 is 0 Å². The van der Waals surface area contributed by atoms with E-state index in [9.17, 15) is 18.0 Å². The Balaban J connectivity index is 1.42. The lowest BCUT2D eigenvalue weighted by Crippen LogP contribution is -2.48. The number of fused-ring (bicyclic) bond motifs is 2. The third kappa shape index (κ3) is 4.06. The Bertz CT molecular complexity index is 931. The molecule has 3 aliphatic rings. The molecule has 0 radical (unpaired) electrons. The van der Waals surface area contributed by atoms with Crippen LogP contribution in [0.3, 0.4) is 0 Å². The third-order valence-electron chi connectivity index (χ3n) is 6.63. The first kappa shape index (κ1) is 21.2. The number of piperidine rings is 1. The van der Waals surface area contributed by atoms with Gasteiger partial charge in [0, 0.05) is 24.7 Å². The molecule has 0 unspecified atom stereocenters. The van der Waals surface area contributed by atoms with Crippen LogP contribution in [0.5, 0.6) is 0 Å². The van der Waals surface area contributed by atoms with Crippen LogP contribution in [0.4, 0.5) is 10.5 Å². The second-order valence-corrected chi connectivity index (χ2v) is 11.0. The average molecular weight is 434 g/mol. The van der Waals surface area contributed by atoms with E-state index in [2.05, 4.69) is 16.1 Å². The summed E-state index contributed by atoms with van der Waals surface area (Å²) < 4.78 is 27.8. The largest absolute Gasteiger partial charge is 0.342 e. The van der Waals surface area contributed by atoms with E-state index < -0.39 is 21.3 Å². The lowest BCUT2D eigenvalue weighted by atomic mass is 9.99. The number of rotatable bonds is 4. The molecule has 1 saturated heterocycles. The average Bonchev–Trinajstić information content (AvgIpc) is 3.36. The molecule has 0 bridgehead atoms. The molecule has 1 aromatic carbocycles. The van der Waals surface area contributed by atoms with Crippen LogP contribution in [0.15, 0.2) is 6.07 Å². The minimum atomic E-state index is -3.80. The predicted octanol–water partition coefficient (Wildman–Crippen LogP) is 2.76. The molecular formula is C22H31N3O4S. The van der Waals surface area contributed by atoms with E-state index in [1.807, 2.05) is 13.8 Å². The van der Waals surface area contributed by atoms with Crippen LogP contribution in [-0.4, -0.2) is 43.6 Å². The number of hydrogen-bond donors (Lipinski definition) is 2. The van der Waals surface area contributed by atoms with Crippen molar-refractivity contribution in [2.75, 3.05) is 18.4 Å². The number of carbonyl (C=O) groups is 2. The van der Waals surface area contributed by atoms with Gasteiger partial charge in [-0.25, -0.2) is 17.9 Å². The van der Waals surface area contributed by atoms with Crippen molar-refractivity contribution < 1.29 is 18.0 Å². The van der Waals surface area contributed by atoms with Crippen LogP contribution < -0.4 is 10.0 Å². The van der Waals surface area contributed by atoms with Gasteiger partial charge in [0.2, 0.25) is 15.9 Å². The number of sulfonamides is 1. The van der Waals surface area contributed by atoms with Crippen molar-refractivity contribution in [2.24, 2.45) is 5.92 Å². The lowest BCUT2D eigenvalue weighted by Gasteiger charge is -2.32. The van der Waals surface area contributed by atoms with Crippen LogP contribution in [0.1, 0.15) is 61.8 Å². The fraction of sp³-hybridized carbons (Fsp3) is 0.636. The van der Waals surface area contributed by atoms with Crippen LogP contribution in [0.2, 0.25) is 0 Å². The van der Waals surface area contributed by atoms with Crippen molar-refractivity contribution in [2.45, 2.75) is 70.5 Å². The van der Waals surface area contributed by atoms with Gasteiger partial charge in [-0.3, -0.25) is 4.79 Å². The number of nitrogens with one attached hydrogen (secondary N) is 2. The highest BCUT2D eigenvalue weighted by Gasteiger charge is 2.34. The van der Waals surface area contributed by atoms with Crippen molar-refractivity contribution in [1.29, 1.82) is 0 Å². The molecule has 1 aromatic rings. The quantitative estimate of drug-likeness (QED) is 0.763. The minimum absolute atomic E-state index is 0.0448. The Labute approximate surface area is 178 Å². The van der Waals surface area contributed by atoms with Gasteiger partial charge in [-0.15, -0.1) is 0 Å². The molecule has 0 saturated carbocycles. The number of nitrogens with zero attached hydrogens (tertiary/aromatic N) is 1. The summed E-state index contributed by atoms with van der Waals surface area (Å²) in [6.45, 7) is 4.50. The normalized spacial score (nSPS) is 19.0. The molecular weight excluding hydrogens is 402 g/mol. The number of carbonyl (C=O) groups excluding carboxylic acids is 2. The van der Waals surface area contributed by atoms with E-state index in [1.165, 1.54) is 22.3 Å². The summed E-state index contributed by atoms with van der Waals surface area (Å²) in [5, 5.41) is 2.23. The van der Waals surface area contributed by atoms with E-state index in [-0.39, 0.29) is 11.8 Å². The summed E-state index contributed by atoms with van der Waals surface area (Å²) in [4.78, 5) is 26.5. The number of aryl methyl sites for hydroxylation is 2. The summed E-state index contributed by atoms with van der Waals surface area (Å²) in [6.07, 6.45) is 6.71. The van der Waals surface area contributed by atoms with Gasteiger partial charge in [0.25, 0.3) is 0 Å². The molecule has 8 heteroatoms. The van der Waals surface area contributed by atoms with E-state index in [0.717, 1.165) is 44.2 Å². The molecule has 0 aromatic heterocycles. The predicted molar refractivity (Wildman–Crippen MR) is 116 cm³/mol. The lowest BCUT2D eigenvalue weighted by molar-refractivity contribution is -0.135. The fourth-order valence-electron chi connectivity index (χ4n) is 5.07. The van der Waals surface area contributed by atoms with Crippen molar-refractivity contribution >= 4 is 27.6 Å². The van der Waals surface area contributed by atoms with Crippen LogP contribution in [-0.2, 0) is 40.5 Å². The molecule has 2 aliphatic carbocycles. The van der Waals surface area contributed by atoms with Crippen molar-refractivity contribution in [3.63, 3.8) is 0 Å². The van der Waals surface area contributed by atoms with Crippen molar-refractivity contribution in [3.8, 4) is 0 Å². The van der Waals surface area contributed by atoms with Crippen LogP contribution in [0.25, 0.3) is 0 Å². The highest BCUT2D eigenvalue weighted by Crippen LogP contribution is 2.38. The monoisotopic (exact) mass is 433 g/mol. The molecule has 0 spiro atoms. The molecule has 164 valence electrons. The van der Waals surface area contributed by atoms with Gasteiger partial charge in [0.05, 0.1) is 5.25 Å². The van der Waals surface area contributed by atoms with E-state index in [1.54, 1.807) is 4.90 Å². The van der Waals surface area contributed by atoms with Gasteiger partial charge >= 0.3 is 6.03 Å². The Morgan fingerprint density at radius 1 is 1.00 bits per heavy atom. The Kier molecular flexibility index (Phi) is 5.79. The minimum Gasteiger partial charge on any atom is -0.342 e. The number of anilines is 1. The first-order valence-electron chi connectivity index (χ1n) is 11.0. The third-order valence-corrected chi connectivity index (χ3v) is 8.45. The summed E-state index contributed by atoms with van der Waals surface area (Å²) in [6, 6.07) is 1.60. The van der Waals surface area contributed by atoms with Gasteiger partial charge < -0.3 is 10.2 Å². The summed E-state index contributed by atoms with van der Waals surface area (Å²) >= 11 is 0. The maximum absolute atomic E-state index is 12.8. The molecule has 30 heavy (non-hydrogen) atoms. The number of benzene rings is 1. The van der Waals surface area contributed by atoms with E-state index in [0.29, 0.717) is 25.9 Å². The number of urea groups is 1. The molecule has 2 N–H and O–H groups in total. The van der Waals surface area contributed by atoms with Gasteiger partial charge in [-0.2, -0.15) is 0 Å². The fourth-order valence-corrected chi connectivity index (χ4v) is 6.38. The summed E-state index contributed by atoms with van der Waals surface area (Å²) in [5.41, 5.74) is 5.75. The van der Waals surface area contributed by atoms with Crippen molar-refractivity contribution in [1.82, 2.24) is 9.62 Å². The zero-order valence-electron chi connectivity index (χ0n) is 17.8. The summed E-state index contributed by atoms with van der Waals surface area (Å²) in [5.74, 6) is -0.0558. The molecule has 1 aliphatic heterocycles. The molecule has 1 fully saturated rings. The molecule has 0 atom stereocenters. The smallest absolute Gasteiger partial charge is 0.332 e. The number of hydrogen-bond acceptors (Lipinski definition) is 4. The Morgan fingerprint density at radius 2 is 1.57 bits per heavy atom. The Morgan fingerprint density at radius 3 is 2.10 bits per heavy atom. The highest BCUT2D eigenvalue weighted by atomic mass is 32.2. The van der Waals surface area contributed by atoms with Gasteiger partial charge in [0.1, 0.15) is 0 Å². The molecule has 1 heterocycles. The first-order chi connectivity index (χ1) is 14.3. The number of amides is 3. The SMILES string of the molecule is CC(C)C(=O)N1CCC(S(=O)(=O)NC(=O)Nc2c3c(cc4c2CCC4)CCC3)CC1. The Hall–Kier alpha value is -2.09.